The van der Waals surface area contributed by atoms with E-state index in [0.717, 1.165) is 109 Å². The fraction of sp³-hybridized carbons (Fsp3) is 0.657. The molecule has 0 aliphatic rings. The summed E-state index contributed by atoms with van der Waals surface area (Å²) in [6.07, 6.45) is 83.6. The van der Waals surface area contributed by atoms with Gasteiger partial charge < -0.3 is 14.2 Å². The molecule has 1 atom stereocenters. The van der Waals surface area contributed by atoms with Gasteiger partial charge in [-0.2, -0.15) is 0 Å². The molecular weight excluding hydrogens is 901 g/mol. The van der Waals surface area contributed by atoms with Gasteiger partial charge in [0.25, 0.3) is 0 Å². The molecule has 0 rings (SSSR count). The zero-order valence-electron chi connectivity index (χ0n) is 47.4. The van der Waals surface area contributed by atoms with E-state index in [1.54, 1.807) is 0 Å². The van der Waals surface area contributed by atoms with Crippen molar-refractivity contribution in [2.45, 2.75) is 271 Å². The molecule has 0 aliphatic carbocycles. The van der Waals surface area contributed by atoms with Crippen LogP contribution in [0.3, 0.4) is 0 Å². The van der Waals surface area contributed by atoms with Gasteiger partial charge in [-0.05, 0) is 116 Å². The van der Waals surface area contributed by atoms with Crippen molar-refractivity contribution in [1.82, 2.24) is 0 Å². The monoisotopic (exact) mass is 1010 g/mol. The zero-order chi connectivity index (χ0) is 52.9. The van der Waals surface area contributed by atoms with Gasteiger partial charge in [0, 0.05) is 19.3 Å². The van der Waals surface area contributed by atoms with Crippen molar-refractivity contribution in [3.05, 3.63) is 122 Å². The summed E-state index contributed by atoms with van der Waals surface area (Å²) >= 11 is 0. The molecule has 1 unspecified atom stereocenters. The fourth-order valence-corrected chi connectivity index (χ4v) is 8.01. The third-order valence-electron chi connectivity index (χ3n) is 12.4. The number of hydrogen-bond donors (Lipinski definition) is 0. The molecule has 0 amide bonds. The van der Waals surface area contributed by atoms with Gasteiger partial charge in [-0.25, -0.2) is 0 Å². The number of rotatable bonds is 53. The van der Waals surface area contributed by atoms with E-state index in [4.69, 9.17) is 14.2 Å². The van der Waals surface area contributed by atoms with E-state index < -0.39 is 6.10 Å². The van der Waals surface area contributed by atoms with Crippen molar-refractivity contribution < 1.29 is 28.6 Å². The van der Waals surface area contributed by atoms with E-state index in [1.807, 2.05) is 6.08 Å². The van der Waals surface area contributed by atoms with Crippen LogP contribution in [0.15, 0.2) is 122 Å². The van der Waals surface area contributed by atoms with Crippen LogP contribution in [0.4, 0.5) is 0 Å². The Kier molecular flexibility index (Phi) is 56.9. The van der Waals surface area contributed by atoms with Crippen molar-refractivity contribution in [3.63, 3.8) is 0 Å². The lowest BCUT2D eigenvalue weighted by atomic mass is 10.1. The van der Waals surface area contributed by atoms with Crippen LogP contribution < -0.4 is 0 Å². The van der Waals surface area contributed by atoms with E-state index >= 15 is 0 Å². The van der Waals surface area contributed by atoms with Gasteiger partial charge in [-0.15, -0.1) is 0 Å². The van der Waals surface area contributed by atoms with Crippen LogP contribution in [0, 0.1) is 0 Å². The number of unbranched alkanes of at least 4 members (excludes halogenated alkanes) is 22. The lowest BCUT2D eigenvalue weighted by Gasteiger charge is -2.18. The van der Waals surface area contributed by atoms with Gasteiger partial charge in [0.05, 0.1) is 0 Å². The van der Waals surface area contributed by atoms with Crippen LogP contribution >= 0.6 is 0 Å². The van der Waals surface area contributed by atoms with E-state index in [2.05, 4.69) is 136 Å². The molecule has 0 saturated carbocycles. The predicted octanol–water partition coefficient (Wildman–Crippen LogP) is 20.4. The van der Waals surface area contributed by atoms with Gasteiger partial charge in [0.15, 0.2) is 6.10 Å². The molecule has 6 heteroatoms. The Balaban J connectivity index is 4.39. The van der Waals surface area contributed by atoms with Crippen molar-refractivity contribution >= 4 is 17.9 Å². The summed E-state index contributed by atoms with van der Waals surface area (Å²) in [5.41, 5.74) is 0. The molecule has 0 bridgehead atoms. The van der Waals surface area contributed by atoms with E-state index in [1.165, 1.54) is 109 Å². The highest BCUT2D eigenvalue weighted by Crippen LogP contribution is 2.15. The Hall–Kier alpha value is -4.19. The van der Waals surface area contributed by atoms with Gasteiger partial charge in [-0.3, -0.25) is 14.4 Å². The molecule has 0 aromatic carbocycles. The molecule has 0 radical (unpaired) electrons. The average molecular weight is 1010 g/mol. The smallest absolute Gasteiger partial charge is 0.306 e. The summed E-state index contributed by atoms with van der Waals surface area (Å²) in [6.45, 7) is 6.33. The van der Waals surface area contributed by atoms with E-state index in [9.17, 15) is 14.4 Å². The first kappa shape index (κ1) is 68.8. The van der Waals surface area contributed by atoms with Crippen LogP contribution in [-0.2, 0) is 28.6 Å². The summed E-state index contributed by atoms with van der Waals surface area (Å²) in [7, 11) is 0. The summed E-state index contributed by atoms with van der Waals surface area (Å²) in [6, 6.07) is 0. The summed E-state index contributed by atoms with van der Waals surface area (Å²) in [5, 5.41) is 0. The number of carbonyl (C=O) groups excluding carboxylic acids is 3. The Morgan fingerprint density at radius 3 is 0.918 bits per heavy atom. The molecule has 0 fully saturated rings. The highest BCUT2D eigenvalue weighted by Gasteiger charge is 2.19. The normalized spacial score (nSPS) is 13.0. The lowest BCUT2D eigenvalue weighted by molar-refractivity contribution is -0.166. The number of esters is 3. The first-order chi connectivity index (χ1) is 36.0. The minimum Gasteiger partial charge on any atom is -0.462 e. The molecule has 0 N–H and O–H groups in total. The number of carbonyl (C=O) groups is 3. The van der Waals surface area contributed by atoms with Gasteiger partial charge in [0.2, 0.25) is 0 Å². The molecule has 0 aliphatic heterocycles. The van der Waals surface area contributed by atoms with Crippen molar-refractivity contribution in [2.24, 2.45) is 0 Å². The molecule has 73 heavy (non-hydrogen) atoms. The van der Waals surface area contributed by atoms with E-state index in [0.29, 0.717) is 19.3 Å². The van der Waals surface area contributed by atoms with Crippen LogP contribution in [0.5, 0.6) is 0 Å². The zero-order valence-corrected chi connectivity index (χ0v) is 47.4. The Bertz CT molecular complexity index is 1540. The summed E-state index contributed by atoms with van der Waals surface area (Å²) in [4.78, 5) is 38.2. The summed E-state index contributed by atoms with van der Waals surface area (Å²) in [5.74, 6) is -1.01. The maximum absolute atomic E-state index is 12.9. The Labute approximate surface area is 450 Å². The van der Waals surface area contributed by atoms with Crippen molar-refractivity contribution in [1.29, 1.82) is 0 Å². The minimum atomic E-state index is -0.818. The van der Waals surface area contributed by atoms with Crippen LogP contribution in [0.1, 0.15) is 265 Å². The molecular formula is C67H110O6. The second kappa shape index (κ2) is 60.4. The third kappa shape index (κ3) is 58.6. The summed E-state index contributed by atoms with van der Waals surface area (Å²) < 4.78 is 16.8. The minimum absolute atomic E-state index is 0.109. The molecule has 0 spiro atoms. The molecule has 0 saturated heterocycles. The van der Waals surface area contributed by atoms with Gasteiger partial charge in [-0.1, -0.05) is 251 Å². The fourth-order valence-electron chi connectivity index (χ4n) is 8.01. The van der Waals surface area contributed by atoms with Crippen LogP contribution in [0.2, 0.25) is 0 Å². The Morgan fingerprint density at radius 1 is 0.288 bits per heavy atom. The Morgan fingerprint density at radius 2 is 0.562 bits per heavy atom. The SMILES string of the molecule is CC/C=C\C/C=C\C/C=C\C/C=C\CCC(=O)OCC(COC(=O)CCCCCCCCCCCC/C=C\C/C=C\C/C=C\CCCCCCC)OC(=O)CCCCCCCCC/C=C\C/C=C\C/C=C\CC. The highest BCUT2D eigenvalue weighted by molar-refractivity contribution is 5.71. The third-order valence-corrected chi connectivity index (χ3v) is 12.4. The molecule has 6 nitrogen and oxygen atoms in total. The first-order valence-electron chi connectivity index (χ1n) is 30.0. The molecule has 0 aromatic heterocycles. The van der Waals surface area contributed by atoms with Gasteiger partial charge in [0.1, 0.15) is 13.2 Å². The standard InChI is InChI=1S/C67H110O6/c1-4-7-10-13-16-19-22-25-27-29-30-31-32-33-34-35-36-38-39-42-45-48-51-54-57-60-66(69)72-63-64(62-71-65(68)59-56-53-50-47-44-41-24-21-18-15-12-9-6-3)73-67(70)61-58-55-52-49-46-43-40-37-28-26-23-20-17-14-11-8-5-2/h8-9,11-12,17-18,20-22,25-26,28-30,32-33,41,44,50,53,64H,4-7,10,13-16,19,23-24,27,31,34-40,42-43,45-49,51-52,54-63H2,1-3H3/b11-8-,12-9-,20-17-,21-18-,25-22-,28-26-,30-29-,33-32-,44-41-,53-50-. The number of ether oxygens (including phenoxy) is 3. The maximum atomic E-state index is 12.9. The van der Waals surface area contributed by atoms with Crippen LogP contribution in [0.25, 0.3) is 0 Å². The highest BCUT2D eigenvalue weighted by atomic mass is 16.6. The van der Waals surface area contributed by atoms with E-state index in [-0.39, 0.29) is 37.5 Å². The molecule has 414 valence electrons. The predicted molar refractivity (Wildman–Crippen MR) is 316 cm³/mol. The van der Waals surface area contributed by atoms with Gasteiger partial charge >= 0.3 is 17.9 Å². The second-order valence-corrected chi connectivity index (χ2v) is 19.5. The largest absolute Gasteiger partial charge is 0.462 e. The quantitative estimate of drug-likeness (QED) is 0.0261. The molecule has 0 aromatic rings. The van der Waals surface area contributed by atoms with Crippen LogP contribution in [-0.4, -0.2) is 37.2 Å². The lowest BCUT2D eigenvalue weighted by Crippen LogP contribution is -2.30. The number of allylic oxidation sites excluding steroid dienone is 20. The van der Waals surface area contributed by atoms with Crippen molar-refractivity contribution in [2.75, 3.05) is 13.2 Å². The van der Waals surface area contributed by atoms with Crippen molar-refractivity contribution in [3.8, 4) is 0 Å². The maximum Gasteiger partial charge on any atom is 0.306 e. The number of hydrogen-bond acceptors (Lipinski definition) is 6. The molecule has 0 heterocycles. The second-order valence-electron chi connectivity index (χ2n) is 19.5. The first-order valence-corrected chi connectivity index (χ1v) is 30.0. The average Bonchev–Trinajstić information content (AvgIpc) is 3.39. The topological polar surface area (TPSA) is 78.9 Å².